The molecule has 4 atom stereocenters. The third kappa shape index (κ3) is 5.45. The lowest BCUT2D eigenvalue weighted by atomic mass is 9.78. The first-order valence-corrected chi connectivity index (χ1v) is 11.3. The molecule has 5 nitrogen and oxygen atoms in total. The van der Waals surface area contributed by atoms with E-state index in [2.05, 4.69) is 53.7 Å². The zero-order valence-electron chi connectivity index (χ0n) is 16.4. The van der Waals surface area contributed by atoms with Crippen molar-refractivity contribution >= 4 is 39.8 Å². The molecule has 0 bridgehead atoms. The first-order valence-electron chi connectivity index (χ1n) is 9.56. The zero-order valence-corrected chi connectivity index (χ0v) is 18.0. The van der Waals surface area contributed by atoms with Crippen LogP contribution in [0.3, 0.4) is 0 Å². The number of nitrogens with zero attached hydrogens (tertiary/aromatic N) is 2. The van der Waals surface area contributed by atoms with Crippen LogP contribution in [0.4, 0.5) is 10.8 Å². The number of hydrogen-bond acceptors (Lipinski definition) is 6. The van der Waals surface area contributed by atoms with E-state index in [0.29, 0.717) is 11.8 Å². The molecular weight excluding hydrogens is 376 g/mol. The van der Waals surface area contributed by atoms with E-state index in [9.17, 15) is 4.79 Å². The lowest BCUT2D eigenvalue weighted by Crippen LogP contribution is -2.46. The van der Waals surface area contributed by atoms with Crippen LogP contribution in [0.25, 0.3) is 0 Å². The monoisotopic (exact) mass is 404 g/mol. The average molecular weight is 405 g/mol. The molecule has 0 saturated heterocycles. The normalized spacial score (nSPS) is 23.6. The molecule has 146 valence electrons. The van der Waals surface area contributed by atoms with Crippen LogP contribution in [-0.4, -0.2) is 27.4 Å². The third-order valence-electron chi connectivity index (χ3n) is 5.39. The highest BCUT2D eigenvalue weighted by Gasteiger charge is 2.29. The summed E-state index contributed by atoms with van der Waals surface area (Å²) in [5, 5.41) is 15.5. The largest absolute Gasteiger partial charge is 0.352 e. The van der Waals surface area contributed by atoms with Gasteiger partial charge in [-0.15, -0.1) is 10.2 Å². The SMILES string of the molecule is Cc1ccc(Nc2nnc(S[C@H](C)C(=O)N[C@H]3CCC[C@H](C)[C@@H]3C)s2)cc1. The minimum Gasteiger partial charge on any atom is -0.352 e. The number of rotatable bonds is 6. The topological polar surface area (TPSA) is 66.9 Å². The zero-order chi connectivity index (χ0) is 19.4. The first kappa shape index (κ1) is 20.1. The van der Waals surface area contributed by atoms with Gasteiger partial charge in [-0.05, 0) is 44.2 Å². The lowest BCUT2D eigenvalue weighted by Gasteiger charge is -2.35. The highest BCUT2D eigenvalue weighted by atomic mass is 32.2. The quantitative estimate of drug-likeness (QED) is 0.662. The fourth-order valence-electron chi connectivity index (χ4n) is 3.36. The predicted octanol–water partition coefficient (Wildman–Crippen LogP) is 5.01. The Hall–Kier alpha value is -1.60. The predicted molar refractivity (Wildman–Crippen MR) is 114 cm³/mol. The van der Waals surface area contributed by atoms with E-state index in [1.54, 1.807) is 0 Å². The van der Waals surface area contributed by atoms with Crippen LogP contribution in [0.2, 0.25) is 0 Å². The van der Waals surface area contributed by atoms with Crippen LogP contribution >= 0.6 is 23.1 Å². The number of anilines is 2. The van der Waals surface area contributed by atoms with Crippen LogP contribution in [0.15, 0.2) is 28.6 Å². The molecule has 0 aliphatic heterocycles. The van der Waals surface area contributed by atoms with Gasteiger partial charge < -0.3 is 10.6 Å². The number of aryl methyl sites for hydroxylation is 1. The van der Waals surface area contributed by atoms with Gasteiger partial charge in [0.05, 0.1) is 5.25 Å². The van der Waals surface area contributed by atoms with Gasteiger partial charge in [-0.25, -0.2) is 0 Å². The number of hydrogen-bond donors (Lipinski definition) is 2. The van der Waals surface area contributed by atoms with Crippen molar-refractivity contribution in [2.24, 2.45) is 11.8 Å². The smallest absolute Gasteiger partial charge is 0.233 e. The Morgan fingerprint density at radius 1 is 1.22 bits per heavy atom. The molecule has 2 aromatic rings. The average Bonchev–Trinajstić information content (AvgIpc) is 3.07. The van der Waals surface area contributed by atoms with Gasteiger partial charge in [-0.1, -0.05) is 67.5 Å². The molecule has 1 fully saturated rings. The van der Waals surface area contributed by atoms with Gasteiger partial charge in [-0.2, -0.15) is 0 Å². The standard InChI is InChI=1S/C20H28N4OS2/c1-12-8-10-16(11-9-12)21-19-23-24-20(27-19)26-15(4)18(25)22-17-7-5-6-13(2)14(17)3/h8-11,13-15,17H,5-7H2,1-4H3,(H,21,23)(H,22,25)/t13-,14-,15+,17-/m0/s1. The number of carbonyl (C=O) groups is 1. The Kier molecular flexibility index (Phi) is 6.76. The van der Waals surface area contributed by atoms with Crippen molar-refractivity contribution in [1.29, 1.82) is 0 Å². The minimum absolute atomic E-state index is 0.0918. The Morgan fingerprint density at radius 2 is 1.96 bits per heavy atom. The first-order chi connectivity index (χ1) is 12.9. The molecule has 1 aromatic heterocycles. The van der Waals surface area contributed by atoms with Gasteiger partial charge in [0.2, 0.25) is 11.0 Å². The Labute approximate surface area is 169 Å². The highest BCUT2D eigenvalue weighted by molar-refractivity contribution is 8.02. The van der Waals surface area contributed by atoms with Gasteiger partial charge in [0.1, 0.15) is 0 Å². The molecule has 0 unspecified atom stereocenters. The summed E-state index contributed by atoms with van der Waals surface area (Å²) in [5.41, 5.74) is 2.20. The number of nitrogens with one attached hydrogen (secondary N) is 2. The maximum Gasteiger partial charge on any atom is 0.233 e. The van der Waals surface area contributed by atoms with Crippen molar-refractivity contribution in [3.8, 4) is 0 Å². The van der Waals surface area contributed by atoms with E-state index in [4.69, 9.17) is 0 Å². The Bertz CT molecular complexity index is 762. The highest BCUT2D eigenvalue weighted by Crippen LogP contribution is 2.32. The van der Waals surface area contributed by atoms with Gasteiger partial charge >= 0.3 is 0 Å². The van der Waals surface area contributed by atoms with Crippen LogP contribution in [0, 0.1) is 18.8 Å². The van der Waals surface area contributed by atoms with E-state index >= 15 is 0 Å². The van der Waals surface area contributed by atoms with Crippen molar-refractivity contribution in [1.82, 2.24) is 15.5 Å². The van der Waals surface area contributed by atoms with Crippen LogP contribution in [0.1, 0.15) is 45.6 Å². The molecule has 0 radical (unpaired) electrons. The van der Waals surface area contributed by atoms with Gasteiger partial charge in [0.25, 0.3) is 0 Å². The van der Waals surface area contributed by atoms with Crippen LogP contribution < -0.4 is 10.6 Å². The van der Waals surface area contributed by atoms with E-state index in [1.165, 1.54) is 41.5 Å². The van der Waals surface area contributed by atoms with Crippen LogP contribution in [0.5, 0.6) is 0 Å². The third-order valence-corrected chi connectivity index (χ3v) is 7.41. The summed E-state index contributed by atoms with van der Waals surface area (Å²) in [4.78, 5) is 12.6. The fraction of sp³-hybridized carbons (Fsp3) is 0.550. The van der Waals surface area contributed by atoms with Crippen molar-refractivity contribution in [2.45, 2.75) is 62.6 Å². The summed E-state index contributed by atoms with van der Waals surface area (Å²) < 4.78 is 0.803. The molecule has 3 rings (SSSR count). The van der Waals surface area contributed by atoms with Crippen molar-refractivity contribution in [3.05, 3.63) is 29.8 Å². The van der Waals surface area contributed by atoms with E-state index in [1.807, 2.05) is 19.1 Å². The second-order valence-electron chi connectivity index (χ2n) is 7.51. The van der Waals surface area contributed by atoms with Gasteiger partial charge in [0, 0.05) is 11.7 Å². The van der Waals surface area contributed by atoms with Crippen molar-refractivity contribution < 1.29 is 4.79 Å². The number of benzene rings is 1. The maximum atomic E-state index is 12.6. The molecule has 1 saturated carbocycles. The second-order valence-corrected chi connectivity index (χ2v) is 10.1. The van der Waals surface area contributed by atoms with E-state index in [0.717, 1.165) is 21.6 Å². The fourth-order valence-corrected chi connectivity index (χ4v) is 5.28. The van der Waals surface area contributed by atoms with Crippen LogP contribution in [-0.2, 0) is 4.79 Å². The van der Waals surface area contributed by atoms with Gasteiger partial charge in [0.15, 0.2) is 4.34 Å². The number of thioether (sulfide) groups is 1. The van der Waals surface area contributed by atoms with E-state index < -0.39 is 0 Å². The van der Waals surface area contributed by atoms with Crippen molar-refractivity contribution in [2.75, 3.05) is 5.32 Å². The summed E-state index contributed by atoms with van der Waals surface area (Å²) in [5.74, 6) is 1.30. The molecule has 1 amide bonds. The second kappa shape index (κ2) is 9.06. The molecule has 27 heavy (non-hydrogen) atoms. The molecule has 1 aliphatic carbocycles. The molecule has 7 heteroatoms. The Morgan fingerprint density at radius 3 is 2.70 bits per heavy atom. The minimum atomic E-state index is -0.186. The summed E-state index contributed by atoms with van der Waals surface area (Å²) in [7, 11) is 0. The van der Waals surface area contributed by atoms with Gasteiger partial charge in [-0.3, -0.25) is 4.79 Å². The number of carbonyl (C=O) groups excluding carboxylic acids is 1. The number of aromatic nitrogens is 2. The Balaban J connectivity index is 1.53. The van der Waals surface area contributed by atoms with E-state index in [-0.39, 0.29) is 17.2 Å². The molecule has 1 aromatic carbocycles. The summed E-state index contributed by atoms with van der Waals surface area (Å²) in [6, 6.07) is 8.44. The maximum absolute atomic E-state index is 12.6. The molecule has 1 aliphatic rings. The molecule has 0 spiro atoms. The summed E-state index contributed by atoms with van der Waals surface area (Å²) >= 11 is 2.94. The molecule has 1 heterocycles. The number of amides is 1. The molecular formula is C20H28N4OS2. The van der Waals surface area contributed by atoms with Crippen molar-refractivity contribution in [3.63, 3.8) is 0 Å². The lowest BCUT2D eigenvalue weighted by molar-refractivity contribution is -0.121. The molecule has 2 N–H and O–H groups in total. The summed E-state index contributed by atoms with van der Waals surface area (Å²) in [6.07, 6.45) is 3.54. The summed E-state index contributed by atoms with van der Waals surface area (Å²) in [6.45, 7) is 8.53.